The number of aryl methyl sites for hydroxylation is 1. The molecule has 2 aromatic carbocycles. The van der Waals surface area contributed by atoms with Crippen molar-refractivity contribution in [1.82, 2.24) is 9.80 Å². The Bertz CT molecular complexity index is 733. The number of hydrogen-bond donors (Lipinski definition) is 0. The van der Waals surface area contributed by atoms with Crippen LogP contribution in [0.25, 0.3) is 12.2 Å². The quantitative estimate of drug-likeness (QED) is 0.504. The number of ether oxygens (including phenoxy) is 1. The highest BCUT2D eigenvalue weighted by molar-refractivity contribution is 5.73. The van der Waals surface area contributed by atoms with Crippen molar-refractivity contribution in [3.8, 4) is 5.75 Å². The fourth-order valence-corrected chi connectivity index (χ4v) is 3.39. The fraction of sp³-hybridized carbons (Fsp3) is 0.417. The normalized spacial score (nSPS) is 16.1. The molecule has 3 rings (SSSR count). The van der Waals surface area contributed by atoms with E-state index in [0.29, 0.717) is 0 Å². The molecule has 1 fully saturated rings. The predicted molar refractivity (Wildman–Crippen MR) is 115 cm³/mol. The molecule has 0 amide bonds. The molecule has 0 bridgehead atoms. The molecule has 0 aromatic heterocycles. The van der Waals surface area contributed by atoms with Crippen LogP contribution in [0.5, 0.6) is 5.75 Å². The third kappa shape index (κ3) is 6.23. The third-order valence-corrected chi connectivity index (χ3v) is 5.27. The molecule has 3 heteroatoms. The molecule has 1 aliphatic rings. The Morgan fingerprint density at radius 2 is 1.52 bits per heavy atom. The van der Waals surface area contributed by atoms with Gasteiger partial charge >= 0.3 is 0 Å². The number of piperazine rings is 1. The van der Waals surface area contributed by atoms with Gasteiger partial charge < -0.3 is 14.5 Å². The third-order valence-electron chi connectivity index (χ3n) is 5.27. The van der Waals surface area contributed by atoms with Gasteiger partial charge in [0.25, 0.3) is 0 Å². The van der Waals surface area contributed by atoms with Crippen LogP contribution in [0.2, 0.25) is 0 Å². The first-order valence-electron chi connectivity index (χ1n) is 10.1. The zero-order chi connectivity index (χ0) is 18.9. The van der Waals surface area contributed by atoms with E-state index >= 15 is 0 Å². The average molecular weight is 365 g/mol. The number of nitrogens with zero attached hydrogens (tertiary/aromatic N) is 2. The van der Waals surface area contributed by atoms with Gasteiger partial charge in [0.1, 0.15) is 5.75 Å². The first-order chi connectivity index (χ1) is 13.2. The Kier molecular flexibility index (Phi) is 7.49. The van der Waals surface area contributed by atoms with Crippen LogP contribution in [0.15, 0.2) is 48.5 Å². The highest BCUT2D eigenvalue weighted by Crippen LogP contribution is 2.21. The highest BCUT2D eigenvalue weighted by atomic mass is 16.5. The number of benzene rings is 2. The zero-order valence-corrected chi connectivity index (χ0v) is 16.7. The molecule has 0 radical (unpaired) electrons. The average Bonchev–Trinajstić information content (AvgIpc) is 2.69. The Morgan fingerprint density at radius 3 is 2.30 bits per heavy atom. The minimum absolute atomic E-state index is 0.781. The van der Waals surface area contributed by atoms with Gasteiger partial charge in [-0.25, -0.2) is 0 Å². The topological polar surface area (TPSA) is 15.7 Å². The molecule has 1 saturated heterocycles. The Hall–Kier alpha value is -2.10. The Balaban J connectivity index is 1.46. The van der Waals surface area contributed by atoms with E-state index in [-0.39, 0.29) is 0 Å². The number of para-hydroxylation sites is 1. The van der Waals surface area contributed by atoms with E-state index in [1.165, 1.54) is 50.3 Å². The van der Waals surface area contributed by atoms with Crippen LogP contribution < -0.4 is 4.74 Å². The molecule has 2 aromatic rings. The fourth-order valence-electron chi connectivity index (χ4n) is 3.39. The van der Waals surface area contributed by atoms with Gasteiger partial charge in [-0.3, -0.25) is 0 Å². The summed E-state index contributed by atoms with van der Waals surface area (Å²) in [4.78, 5) is 4.97. The van der Waals surface area contributed by atoms with Crippen molar-refractivity contribution in [2.45, 2.75) is 19.8 Å². The standard InChI is InChI=1S/C24H32N2O/c1-21-9-3-4-10-22(21)13-14-23-11-5-6-12-24(23)27-20-8-7-15-26-18-16-25(2)17-19-26/h3-6,9-14H,7-8,15-20H2,1-2H3/b14-13+. The second kappa shape index (κ2) is 10.3. The van der Waals surface area contributed by atoms with Gasteiger partial charge in [0.15, 0.2) is 0 Å². The molecule has 1 aliphatic heterocycles. The summed E-state index contributed by atoms with van der Waals surface area (Å²) in [5.41, 5.74) is 3.68. The van der Waals surface area contributed by atoms with Crippen molar-refractivity contribution in [1.29, 1.82) is 0 Å². The number of hydrogen-bond acceptors (Lipinski definition) is 3. The van der Waals surface area contributed by atoms with Crippen LogP contribution in [-0.2, 0) is 0 Å². The van der Waals surface area contributed by atoms with Crippen molar-refractivity contribution in [2.75, 3.05) is 46.4 Å². The predicted octanol–water partition coefficient (Wildman–Crippen LogP) is 4.57. The van der Waals surface area contributed by atoms with E-state index in [2.05, 4.69) is 78.4 Å². The lowest BCUT2D eigenvalue weighted by atomic mass is 10.1. The number of unbranched alkanes of at least 4 members (excludes halogenated alkanes) is 1. The van der Waals surface area contributed by atoms with E-state index in [1.54, 1.807) is 0 Å². The molecule has 0 saturated carbocycles. The zero-order valence-electron chi connectivity index (χ0n) is 16.7. The summed E-state index contributed by atoms with van der Waals surface area (Å²) < 4.78 is 6.08. The Labute approximate surface area is 164 Å². The maximum atomic E-state index is 6.08. The molecule has 0 spiro atoms. The summed E-state index contributed by atoms with van der Waals surface area (Å²) >= 11 is 0. The van der Waals surface area contributed by atoms with Gasteiger partial charge in [0, 0.05) is 31.7 Å². The molecule has 0 unspecified atom stereocenters. The lowest BCUT2D eigenvalue weighted by molar-refractivity contribution is 0.150. The van der Waals surface area contributed by atoms with Crippen LogP contribution in [0.4, 0.5) is 0 Å². The van der Waals surface area contributed by atoms with Crippen LogP contribution in [0, 0.1) is 6.92 Å². The first-order valence-corrected chi connectivity index (χ1v) is 10.1. The number of likely N-dealkylation sites (N-methyl/N-ethyl adjacent to an activating group) is 1. The minimum Gasteiger partial charge on any atom is -0.493 e. The van der Waals surface area contributed by atoms with Crippen LogP contribution in [0.3, 0.4) is 0 Å². The summed E-state index contributed by atoms with van der Waals surface area (Å²) in [5.74, 6) is 0.974. The van der Waals surface area contributed by atoms with E-state index in [9.17, 15) is 0 Å². The minimum atomic E-state index is 0.781. The van der Waals surface area contributed by atoms with E-state index in [4.69, 9.17) is 4.74 Å². The largest absolute Gasteiger partial charge is 0.493 e. The second-order valence-corrected chi connectivity index (χ2v) is 7.43. The smallest absolute Gasteiger partial charge is 0.126 e. The van der Waals surface area contributed by atoms with Crippen molar-refractivity contribution >= 4 is 12.2 Å². The summed E-state index contributed by atoms with van der Waals surface area (Å²) in [6, 6.07) is 16.7. The monoisotopic (exact) mass is 364 g/mol. The Morgan fingerprint density at radius 1 is 0.852 bits per heavy atom. The van der Waals surface area contributed by atoms with E-state index in [1.807, 2.05) is 6.07 Å². The number of rotatable bonds is 8. The molecular formula is C24H32N2O. The van der Waals surface area contributed by atoms with Gasteiger partial charge in [0.2, 0.25) is 0 Å². The molecule has 144 valence electrons. The highest BCUT2D eigenvalue weighted by Gasteiger charge is 2.12. The molecule has 27 heavy (non-hydrogen) atoms. The van der Waals surface area contributed by atoms with Crippen molar-refractivity contribution in [3.05, 3.63) is 65.2 Å². The summed E-state index contributed by atoms with van der Waals surface area (Å²) in [5, 5.41) is 0. The van der Waals surface area contributed by atoms with Crippen molar-refractivity contribution in [3.63, 3.8) is 0 Å². The molecule has 0 atom stereocenters. The van der Waals surface area contributed by atoms with Crippen LogP contribution >= 0.6 is 0 Å². The van der Waals surface area contributed by atoms with Gasteiger partial charge in [0.05, 0.1) is 6.61 Å². The summed E-state index contributed by atoms with van der Waals surface area (Å²) in [6.07, 6.45) is 6.62. The molecule has 0 N–H and O–H groups in total. The SMILES string of the molecule is Cc1ccccc1/C=C/c1ccccc1OCCCCN1CCN(C)CC1. The van der Waals surface area contributed by atoms with Gasteiger partial charge in [-0.1, -0.05) is 54.6 Å². The summed E-state index contributed by atoms with van der Waals surface area (Å²) in [6.45, 7) is 8.89. The maximum Gasteiger partial charge on any atom is 0.126 e. The molecule has 1 heterocycles. The van der Waals surface area contributed by atoms with Crippen LogP contribution in [0.1, 0.15) is 29.5 Å². The first kappa shape index (κ1) is 19.7. The lowest BCUT2D eigenvalue weighted by Gasteiger charge is -2.32. The van der Waals surface area contributed by atoms with E-state index < -0.39 is 0 Å². The molecule has 3 nitrogen and oxygen atoms in total. The van der Waals surface area contributed by atoms with Crippen molar-refractivity contribution in [2.24, 2.45) is 0 Å². The second-order valence-electron chi connectivity index (χ2n) is 7.43. The molecular weight excluding hydrogens is 332 g/mol. The van der Waals surface area contributed by atoms with Gasteiger partial charge in [-0.2, -0.15) is 0 Å². The van der Waals surface area contributed by atoms with Gasteiger partial charge in [-0.15, -0.1) is 0 Å². The lowest BCUT2D eigenvalue weighted by Crippen LogP contribution is -2.44. The van der Waals surface area contributed by atoms with Crippen molar-refractivity contribution < 1.29 is 4.74 Å². The molecule has 0 aliphatic carbocycles. The van der Waals surface area contributed by atoms with Crippen LogP contribution in [-0.4, -0.2) is 56.2 Å². The van der Waals surface area contributed by atoms with Gasteiger partial charge in [-0.05, 0) is 50.6 Å². The maximum absolute atomic E-state index is 6.08. The summed E-state index contributed by atoms with van der Waals surface area (Å²) in [7, 11) is 2.20. The van der Waals surface area contributed by atoms with E-state index in [0.717, 1.165) is 24.3 Å².